The van der Waals surface area contributed by atoms with Gasteiger partial charge in [-0.15, -0.1) is 11.3 Å². The first kappa shape index (κ1) is 9.49. The molecule has 1 heterocycles. The Morgan fingerprint density at radius 1 is 1.50 bits per heavy atom. The minimum Gasteiger partial charge on any atom is -0.507 e. The Bertz CT molecular complexity index is 449. The predicted molar refractivity (Wildman–Crippen MR) is 61.0 cm³/mol. The second kappa shape index (κ2) is 3.59. The van der Waals surface area contributed by atoms with Crippen molar-refractivity contribution in [3.05, 3.63) is 29.1 Å². The quantitative estimate of drug-likeness (QED) is 0.795. The van der Waals surface area contributed by atoms with Crippen LogP contribution in [0.1, 0.15) is 18.4 Å². The van der Waals surface area contributed by atoms with Crippen LogP contribution in [0.5, 0.6) is 5.75 Å². The number of hydrogen-bond donors (Lipinski definition) is 2. The topological polar surface area (TPSA) is 46.2 Å². The van der Waals surface area contributed by atoms with E-state index in [9.17, 15) is 5.11 Å². The maximum atomic E-state index is 9.75. The lowest BCUT2D eigenvalue weighted by molar-refractivity contribution is 0.481. The highest BCUT2D eigenvalue weighted by molar-refractivity contribution is 7.17. The van der Waals surface area contributed by atoms with Crippen LogP contribution in [0, 0.1) is 0 Å². The maximum Gasteiger partial charge on any atom is 0.124 e. The summed E-state index contributed by atoms with van der Waals surface area (Å²) in [5.74, 6) is 0.663. The molecule has 2 rings (SSSR count). The number of fused-ring (bicyclic) bond motifs is 1. The number of nitrogens with two attached hydrogens (primary N) is 1. The van der Waals surface area contributed by atoms with Gasteiger partial charge >= 0.3 is 0 Å². The zero-order valence-electron chi connectivity index (χ0n) is 8.03. The molecule has 0 aliphatic heterocycles. The van der Waals surface area contributed by atoms with Gasteiger partial charge in [-0.3, -0.25) is 0 Å². The molecular weight excluding hydrogens is 194 g/mol. The first-order valence-corrected chi connectivity index (χ1v) is 5.51. The standard InChI is InChI=1S/C11H13NOS/c1-7(5-12)8-6-14-10-4-2-3-9(13)11(8)10/h2-4,6-7,13H,5,12H2,1H3. The number of benzene rings is 1. The van der Waals surface area contributed by atoms with E-state index < -0.39 is 0 Å². The van der Waals surface area contributed by atoms with Crippen molar-refractivity contribution in [2.24, 2.45) is 5.73 Å². The summed E-state index contributed by atoms with van der Waals surface area (Å²) in [4.78, 5) is 0. The molecule has 0 bridgehead atoms. The van der Waals surface area contributed by atoms with Gasteiger partial charge < -0.3 is 10.8 Å². The van der Waals surface area contributed by atoms with Crippen molar-refractivity contribution in [1.29, 1.82) is 0 Å². The highest BCUT2D eigenvalue weighted by Gasteiger charge is 2.12. The van der Waals surface area contributed by atoms with Gasteiger partial charge in [0.25, 0.3) is 0 Å². The van der Waals surface area contributed by atoms with Gasteiger partial charge in [0.2, 0.25) is 0 Å². The third-order valence-electron chi connectivity index (χ3n) is 2.49. The van der Waals surface area contributed by atoms with Gasteiger partial charge in [-0.1, -0.05) is 13.0 Å². The van der Waals surface area contributed by atoms with Crippen molar-refractivity contribution in [3.63, 3.8) is 0 Å². The molecule has 1 unspecified atom stereocenters. The van der Waals surface area contributed by atoms with Crippen molar-refractivity contribution in [3.8, 4) is 5.75 Å². The Kier molecular flexibility index (Phi) is 2.44. The number of thiophene rings is 1. The average Bonchev–Trinajstić information content (AvgIpc) is 2.62. The molecule has 0 aliphatic carbocycles. The van der Waals surface area contributed by atoms with E-state index in [1.54, 1.807) is 17.4 Å². The Labute approximate surface area is 87.0 Å². The third-order valence-corrected chi connectivity index (χ3v) is 3.46. The van der Waals surface area contributed by atoms with E-state index in [2.05, 4.69) is 12.3 Å². The van der Waals surface area contributed by atoms with Gasteiger partial charge in [0.1, 0.15) is 5.75 Å². The predicted octanol–water partition coefficient (Wildman–Crippen LogP) is 2.67. The second-order valence-electron chi connectivity index (χ2n) is 3.48. The lowest BCUT2D eigenvalue weighted by Gasteiger charge is -2.07. The van der Waals surface area contributed by atoms with Gasteiger partial charge in [-0.05, 0) is 35.5 Å². The monoisotopic (exact) mass is 207 g/mol. The molecule has 0 fully saturated rings. The number of aromatic hydroxyl groups is 1. The summed E-state index contributed by atoms with van der Waals surface area (Å²) in [6.07, 6.45) is 0. The van der Waals surface area contributed by atoms with Crippen molar-refractivity contribution in [1.82, 2.24) is 0 Å². The summed E-state index contributed by atoms with van der Waals surface area (Å²) in [5, 5.41) is 12.8. The smallest absolute Gasteiger partial charge is 0.124 e. The largest absolute Gasteiger partial charge is 0.507 e. The third kappa shape index (κ3) is 1.38. The maximum absolute atomic E-state index is 9.75. The van der Waals surface area contributed by atoms with Crippen molar-refractivity contribution in [2.75, 3.05) is 6.54 Å². The van der Waals surface area contributed by atoms with Crippen LogP contribution in [0.15, 0.2) is 23.6 Å². The van der Waals surface area contributed by atoms with Gasteiger partial charge in [0.15, 0.2) is 0 Å². The fourth-order valence-corrected chi connectivity index (χ4v) is 2.68. The minimum absolute atomic E-state index is 0.303. The van der Waals surface area contributed by atoms with Crippen LogP contribution in [-0.2, 0) is 0 Å². The highest BCUT2D eigenvalue weighted by Crippen LogP contribution is 2.36. The molecule has 3 N–H and O–H groups in total. The lowest BCUT2D eigenvalue weighted by Crippen LogP contribution is -2.08. The zero-order chi connectivity index (χ0) is 10.1. The summed E-state index contributed by atoms with van der Waals surface area (Å²) in [6.45, 7) is 2.69. The first-order valence-electron chi connectivity index (χ1n) is 4.63. The van der Waals surface area contributed by atoms with E-state index in [0.717, 1.165) is 15.6 Å². The van der Waals surface area contributed by atoms with E-state index in [-0.39, 0.29) is 0 Å². The van der Waals surface area contributed by atoms with Crippen LogP contribution >= 0.6 is 11.3 Å². The van der Waals surface area contributed by atoms with E-state index >= 15 is 0 Å². The van der Waals surface area contributed by atoms with Crippen LogP contribution in [-0.4, -0.2) is 11.7 Å². The van der Waals surface area contributed by atoms with Crippen LogP contribution in [0.25, 0.3) is 10.1 Å². The van der Waals surface area contributed by atoms with Gasteiger partial charge in [0, 0.05) is 10.1 Å². The normalized spacial score (nSPS) is 13.3. The number of hydrogen-bond acceptors (Lipinski definition) is 3. The van der Waals surface area contributed by atoms with Gasteiger partial charge in [0.05, 0.1) is 0 Å². The second-order valence-corrected chi connectivity index (χ2v) is 4.39. The zero-order valence-corrected chi connectivity index (χ0v) is 8.84. The molecule has 2 aromatic rings. The Hall–Kier alpha value is -1.06. The summed E-state index contributed by atoms with van der Waals surface area (Å²) in [6, 6.07) is 5.61. The van der Waals surface area contributed by atoms with Crippen LogP contribution in [0.3, 0.4) is 0 Å². The number of phenolic OH excluding ortho intramolecular Hbond substituents is 1. The molecule has 0 saturated heterocycles. The fraction of sp³-hybridized carbons (Fsp3) is 0.273. The molecule has 1 aromatic heterocycles. The van der Waals surface area contributed by atoms with Crippen molar-refractivity contribution in [2.45, 2.75) is 12.8 Å². The molecule has 74 valence electrons. The van der Waals surface area contributed by atoms with E-state index in [0.29, 0.717) is 18.2 Å². The van der Waals surface area contributed by atoms with Crippen LogP contribution in [0.2, 0.25) is 0 Å². The Morgan fingerprint density at radius 3 is 3.00 bits per heavy atom. The van der Waals surface area contributed by atoms with Gasteiger partial charge in [-0.25, -0.2) is 0 Å². The molecule has 0 spiro atoms. The SMILES string of the molecule is CC(CN)c1csc2cccc(O)c12. The first-order chi connectivity index (χ1) is 6.74. The molecule has 1 atom stereocenters. The van der Waals surface area contributed by atoms with Gasteiger partial charge in [-0.2, -0.15) is 0 Å². The molecular formula is C11H13NOS. The summed E-state index contributed by atoms with van der Waals surface area (Å²) in [7, 11) is 0. The molecule has 14 heavy (non-hydrogen) atoms. The van der Waals surface area contributed by atoms with E-state index in [1.807, 2.05) is 12.1 Å². The number of phenols is 1. The van der Waals surface area contributed by atoms with Crippen LogP contribution < -0.4 is 5.73 Å². The van der Waals surface area contributed by atoms with E-state index in [1.165, 1.54) is 0 Å². The minimum atomic E-state index is 0.303. The molecule has 3 heteroatoms. The highest BCUT2D eigenvalue weighted by atomic mass is 32.1. The molecule has 0 aliphatic rings. The molecule has 2 nitrogen and oxygen atoms in total. The summed E-state index contributed by atoms with van der Waals surface area (Å²) in [5.41, 5.74) is 6.79. The molecule has 1 aromatic carbocycles. The lowest BCUT2D eigenvalue weighted by atomic mass is 10.0. The van der Waals surface area contributed by atoms with Crippen molar-refractivity contribution < 1.29 is 5.11 Å². The van der Waals surface area contributed by atoms with Crippen LogP contribution in [0.4, 0.5) is 0 Å². The molecule has 0 amide bonds. The fourth-order valence-electron chi connectivity index (χ4n) is 1.58. The Balaban J connectivity index is 2.67. The van der Waals surface area contributed by atoms with Crippen molar-refractivity contribution >= 4 is 21.4 Å². The molecule has 0 radical (unpaired) electrons. The Morgan fingerprint density at radius 2 is 2.29 bits per heavy atom. The summed E-state index contributed by atoms with van der Waals surface area (Å²) < 4.78 is 1.13. The summed E-state index contributed by atoms with van der Waals surface area (Å²) >= 11 is 1.66. The number of rotatable bonds is 2. The average molecular weight is 207 g/mol. The van der Waals surface area contributed by atoms with E-state index in [4.69, 9.17) is 5.73 Å². The molecule has 0 saturated carbocycles.